The second-order valence-electron chi connectivity index (χ2n) is 5.24. The van der Waals surface area contributed by atoms with Crippen LogP contribution < -0.4 is 5.32 Å². The van der Waals surface area contributed by atoms with Gasteiger partial charge in [0.05, 0.1) is 16.8 Å². The number of likely N-dealkylation sites (tertiary alicyclic amines) is 1. The van der Waals surface area contributed by atoms with Crippen molar-refractivity contribution >= 4 is 34.8 Å². The molecule has 0 aliphatic carbocycles. The number of hydrogen-bond acceptors (Lipinski definition) is 2. The number of amides is 1. The van der Waals surface area contributed by atoms with Gasteiger partial charge < -0.3 is 5.32 Å². The first-order valence-corrected chi connectivity index (χ1v) is 7.83. The van der Waals surface area contributed by atoms with Gasteiger partial charge in [0.1, 0.15) is 0 Å². The third-order valence-electron chi connectivity index (χ3n) is 3.76. The highest BCUT2D eigenvalue weighted by Crippen LogP contribution is 2.25. The molecule has 1 saturated heterocycles. The molecule has 0 saturated carbocycles. The van der Waals surface area contributed by atoms with Crippen molar-refractivity contribution in [2.45, 2.75) is 38.6 Å². The minimum Gasteiger partial charge on any atom is -0.323 e. The first-order chi connectivity index (χ1) is 9.58. The minimum atomic E-state index is -0.139. The van der Waals surface area contributed by atoms with Crippen molar-refractivity contribution in [3.63, 3.8) is 0 Å². The van der Waals surface area contributed by atoms with E-state index in [2.05, 4.69) is 10.2 Å². The Morgan fingerprint density at radius 3 is 2.45 bits per heavy atom. The molecule has 110 valence electrons. The Morgan fingerprint density at radius 2 is 1.85 bits per heavy atom. The maximum absolute atomic E-state index is 12.3. The number of nitrogens with zero attached hydrogens (tertiary/aromatic N) is 1. The molecule has 0 bridgehead atoms. The number of carbonyl (C=O) groups excluding carboxylic acids is 1. The minimum absolute atomic E-state index is 0.0175. The summed E-state index contributed by atoms with van der Waals surface area (Å²) in [4.78, 5) is 14.6. The van der Waals surface area contributed by atoms with Crippen LogP contribution in [0, 0.1) is 0 Å². The third-order valence-corrected chi connectivity index (χ3v) is 4.30. The quantitative estimate of drug-likeness (QED) is 0.907. The SMILES string of the molecule is C[C@@H](C(=O)Nc1ccc(Cl)cc1Cl)N1CCCCCC1. The van der Waals surface area contributed by atoms with Crippen LogP contribution in [0.15, 0.2) is 18.2 Å². The smallest absolute Gasteiger partial charge is 0.241 e. The van der Waals surface area contributed by atoms with Gasteiger partial charge in [0.2, 0.25) is 5.91 Å². The van der Waals surface area contributed by atoms with Gasteiger partial charge in [-0.05, 0) is 51.1 Å². The van der Waals surface area contributed by atoms with Crippen LogP contribution in [0.4, 0.5) is 5.69 Å². The van der Waals surface area contributed by atoms with E-state index in [1.807, 2.05) is 6.92 Å². The van der Waals surface area contributed by atoms with Crippen LogP contribution in [0.25, 0.3) is 0 Å². The van der Waals surface area contributed by atoms with Crippen molar-refractivity contribution in [1.29, 1.82) is 0 Å². The molecule has 20 heavy (non-hydrogen) atoms. The molecule has 0 unspecified atom stereocenters. The summed E-state index contributed by atoms with van der Waals surface area (Å²) in [6.07, 6.45) is 4.85. The van der Waals surface area contributed by atoms with Crippen molar-refractivity contribution in [2.24, 2.45) is 0 Å². The Kier molecular flexibility index (Phi) is 5.70. The van der Waals surface area contributed by atoms with Crippen molar-refractivity contribution in [3.05, 3.63) is 28.2 Å². The van der Waals surface area contributed by atoms with Crippen LogP contribution in [0.1, 0.15) is 32.6 Å². The van der Waals surface area contributed by atoms with Crippen molar-refractivity contribution in [3.8, 4) is 0 Å². The molecule has 1 aromatic rings. The molecule has 1 heterocycles. The normalized spacial score (nSPS) is 18.4. The summed E-state index contributed by atoms with van der Waals surface area (Å²) in [5.41, 5.74) is 0.614. The zero-order valence-corrected chi connectivity index (χ0v) is 13.2. The van der Waals surface area contributed by atoms with Gasteiger partial charge in [-0.3, -0.25) is 9.69 Å². The summed E-state index contributed by atoms with van der Waals surface area (Å²) in [5.74, 6) is -0.0175. The Hall–Kier alpha value is -0.770. The van der Waals surface area contributed by atoms with Crippen LogP contribution in [0.2, 0.25) is 10.0 Å². The highest BCUT2D eigenvalue weighted by molar-refractivity contribution is 6.36. The standard InChI is InChI=1S/C15H20Cl2N2O/c1-11(19-8-4-2-3-5-9-19)15(20)18-14-7-6-12(16)10-13(14)17/h6-7,10-11H,2-5,8-9H2,1H3,(H,18,20)/t11-/m0/s1. The lowest BCUT2D eigenvalue weighted by Gasteiger charge is -2.26. The van der Waals surface area contributed by atoms with E-state index < -0.39 is 0 Å². The number of hydrogen-bond donors (Lipinski definition) is 1. The highest BCUT2D eigenvalue weighted by atomic mass is 35.5. The average molecular weight is 315 g/mol. The van der Waals surface area contributed by atoms with Gasteiger partial charge in [0.15, 0.2) is 0 Å². The Morgan fingerprint density at radius 1 is 1.20 bits per heavy atom. The topological polar surface area (TPSA) is 32.3 Å². The van der Waals surface area contributed by atoms with E-state index in [1.165, 1.54) is 25.7 Å². The van der Waals surface area contributed by atoms with Crippen molar-refractivity contribution < 1.29 is 4.79 Å². The summed E-state index contributed by atoms with van der Waals surface area (Å²) in [6, 6.07) is 4.95. The molecule has 1 aliphatic rings. The second-order valence-corrected chi connectivity index (χ2v) is 6.08. The maximum atomic E-state index is 12.3. The maximum Gasteiger partial charge on any atom is 0.241 e. The predicted octanol–water partition coefficient (Wildman–Crippen LogP) is 4.20. The van der Waals surface area contributed by atoms with Crippen LogP contribution in [0.5, 0.6) is 0 Å². The fourth-order valence-corrected chi connectivity index (χ4v) is 2.93. The molecule has 0 aromatic heterocycles. The monoisotopic (exact) mass is 314 g/mol. The molecular weight excluding hydrogens is 295 g/mol. The van der Waals surface area contributed by atoms with Crippen LogP contribution in [-0.2, 0) is 4.79 Å². The van der Waals surface area contributed by atoms with Crippen LogP contribution in [-0.4, -0.2) is 29.9 Å². The van der Waals surface area contributed by atoms with Gasteiger partial charge in [-0.2, -0.15) is 0 Å². The number of nitrogens with one attached hydrogen (secondary N) is 1. The van der Waals surface area contributed by atoms with E-state index in [1.54, 1.807) is 18.2 Å². The van der Waals surface area contributed by atoms with Crippen molar-refractivity contribution in [1.82, 2.24) is 4.90 Å². The summed E-state index contributed by atoms with van der Waals surface area (Å²) in [5, 5.41) is 3.91. The zero-order valence-electron chi connectivity index (χ0n) is 11.7. The van der Waals surface area contributed by atoms with E-state index in [0.717, 1.165) is 13.1 Å². The third kappa shape index (κ3) is 4.11. The number of benzene rings is 1. The molecule has 1 N–H and O–H groups in total. The van der Waals surface area contributed by atoms with Crippen molar-refractivity contribution in [2.75, 3.05) is 18.4 Å². The molecule has 0 spiro atoms. The van der Waals surface area contributed by atoms with Gasteiger partial charge in [0.25, 0.3) is 0 Å². The van der Waals surface area contributed by atoms with E-state index in [9.17, 15) is 4.79 Å². The first kappa shape index (κ1) is 15.6. The highest BCUT2D eigenvalue weighted by Gasteiger charge is 2.22. The Balaban J connectivity index is 1.99. The van der Waals surface area contributed by atoms with Gasteiger partial charge in [-0.15, -0.1) is 0 Å². The fraction of sp³-hybridized carbons (Fsp3) is 0.533. The summed E-state index contributed by atoms with van der Waals surface area (Å²) in [6.45, 7) is 3.93. The van der Waals surface area contributed by atoms with Gasteiger partial charge >= 0.3 is 0 Å². The lowest BCUT2D eigenvalue weighted by atomic mass is 10.2. The van der Waals surface area contributed by atoms with E-state index in [0.29, 0.717) is 15.7 Å². The molecule has 1 aliphatic heterocycles. The number of rotatable bonds is 3. The Bertz CT molecular complexity index is 471. The summed E-state index contributed by atoms with van der Waals surface area (Å²) < 4.78 is 0. The molecule has 5 heteroatoms. The molecule has 2 rings (SSSR count). The predicted molar refractivity (Wildman–Crippen MR) is 84.6 cm³/mol. The zero-order chi connectivity index (χ0) is 14.5. The van der Waals surface area contributed by atoms with E-state index in [4.69, 9.17) is 23.2 Å². The first-order valence-electron chi connectivity index (χ1n) is 7.08. The number of halogens is 2. The lowest BCUT2D eigenvalue weighted by Crippen LogP contribution is -2.42. The van der Waals surface area contributed by atoms with Gasteiger partial charge in [0, 0.05) is 5.02 Å². The lowest BCUT2D eigenvalue weighted by molar-refractivity contribution is -0.120. The molecule has 3 nitrogen and oxygen atoms in total. The molecular formula is C15H20Cl2N2O. The average Bonchev–Trinajstić information content (AvgIpc) is 2.70. The van der Waals surface area contributed by atoms with Crippen LogP contribution >= 0.6 is 23.2 Å². The van der Waals surface area contributed by atoms with E-state index >= 15 is 0 Å². The van der Waals surface area contributed by atoms with Crippen LogP contribution in [0.3, 0.4) is 0 Å². The Labute approximate surface area is 130 Å². The summed E-state index contributed by atoms with van der Waals surface area (Å²) >= 11 is 11.9. The number of anilines is 1. The molecule has 1 atom stereocenters. The fourth-order valence-electron chi connectivity index (χ4n) is 2.48. The molecule has 0 radical (unpaired) electrons. The van der Waals surface area contributed by atoms with E-state index in [-0.39, 0.29) is 11.9 Å². The largest absolute Gasteiger partial charge is 0.323 e. The molecule has 1 amide bonds. The van der Waals surface area contributed by atoms with Gasteiger partial charge in [-0.25, -0.2) is 0 Å². The molecule has 1 fully saturated rings. The molecule has 1 aromatic carbocycles. The second kappa shape index (κ2) is 7.30. The number of carbonyl (C=O) groups is 1. The van der Waals surface area contributed by atoms with Gasteiger partial charge in [-0.1, -0.05) is 36.0 Å². The summed E-state index contributed by atoms with van der Waals surface area (Å²) in [7, 11) is 0.